The molecule has 1 aromatic carbocycles. The molecule has 0 aliphatic heterocycles. The molecule has 0 atom stereocenters. The Morgan fingerprint density at radius 2 is 2.07 bits per heavy atom. The van der Waals surface area contributed by atoms with Crippen LogP contribution in [-0.2, 0) is 6.54 Å². The van der Waals surface area contributed by atoms with Crippen molar-refractivity contribution in [1.82, 2.24) is 14.8 Å². The second-order valence-corrected chi connectivity index (χ2v) is 2.88. The minimum Gasteiger partial charge on any atom is -0.301 e. The Kier molecular flexibility index (Phi) is 2.24. The number of rotatable bonds is 2. The van der Waals surface area contributed by atoms with Crippen molar-refractivity contribution < 1.29 is 0 Å². The van der Waals surface area contributed by atoms with Crippen molar-refractivity contribution in [3.63, 3.8) is 0 Å². The van der Waals surface area contributed by atoms with E-state index in [0.717, 1.165) is 5.56 Å². The average Bonchev–Trinajstić information content (AvgIpc) is 2.67. The number of aromatic nitrogens is 3. The highest BCUT2D eigenvalue weighted by atomic mass is 15.3. The topological polar surface area (TPSA) is 54.5 Å². The Labute approximate surface area is 81.4 Å². The minimum atomic E-state index is 0.342. The fourth-order valence-electron chi connectivity index (χ4n) is 1.24. The van der Waals surface area contributed by atoms with Crippen LogP contribution >= 0.6 is 0 Å². The number of benzene rings is 1. The second kappa shape index (κ2) is 3.71. The number of hydrogen-bond acceptors (Lipinski definition) is 3. The molecule has 1 heterocycles. The summed E-state index contributed by atoms with van der Waals surface area (Å²) in [6.07, 6.45) is 1.56. The van der Waals surface area contributed by atoms with Gasteiger partial charge < -0.3 is 4.57 Å². The van der Waals surface area contributed by atoms with Gasteiger partial charge in [-0.15, -0.1) is 10.2 Å². The molecule has 4 nitrogen and oxygen atoms in total. The van der Waals surface area contributed by atoms with Gasteiger partial charge >= 0.3 is 0 Å². The van der Waals surface area contributed by atoms with Crippen LogP contribution < -0.4 is 0 Å². The zero-order valence-electron chi connectivity index (χ0n) is 7.46. The number of hydrogen-bond donors (Lipinski definition) is 0. The van der Waals surface area contributed by atoms with Gasteiger partial charge in [-0.25, -0.2) is 0 Å². The zero-order valence-corrected chi connectivity index (χ0v) is 7.46. The molecule has 0 amide bonds. The standard InChI is InChI=1S/C10H8N4/c11-6-10-13-12-8-14(10)7-9-4-2-1-3-5-9/h1-5,8H,7H2. The van der Waals surface area contributed by atoms with Gasteiger partial charge in [-0.2, -0.15) is 5.26 Å². The van der Waals surface area contributed by atoms with Gasteiger partial charge in [-0.05, 0) is 5.56 Å². The molecule has 0 aliphatic rings. The minimum absolute atomic E-state index is 0.342. The maximum atomic E-state index is 8.71. The van der Waals surface area contributed by atoms with Gasteiger partial charge in [0.15, 0.2) is 0 Å². The lowest BCUT2D eigenvalue weighted by Gasteiger charge is -2.01. The third-order valence-electron chi connectivity index (χ3n) is 1.91. The van der Waals surface area contributed by atoms with E-state index in [1.165, 1.54) is 0 Å². The quantitative estimate of drug-likeness (QED) is 0.704. The predicted octanol–water partition coefficient (Wildman–Crippen LogP) is 1.20. The van der Waals surface area contributed by atoms with Gasteiger partial charge in [-0.1, -0.05) is 30.3 Å². The zero-order chi connectivity index (χ0) is 9.80. The first-order valence-corrected chi connectivity index (χ1v) is 4.22. The fourth-order valence-corrected chi connectivity index (χ4v) is 1.24. The molecule has 2 aromatic rings. The lowest BCUT2D eigenvalue weighted by atomic mass is 10.2. The monoisotopic (exact) mass is 184 g/mol. The van der Waals surface area contributed by atoms with E-state index in [4.69, 9.17) is 5.26 Å². The molecule has 0 radical (unpaired) electrons. The Bertz CT molecular complexity index is 452. The molecule has 4 heteroatoms. The van der Waals surface area contributed by atoms with Crippen LogP contribution in [0, 0.1) is 11.3 Å². The molecule has 68 valence electrons. The summed E-state index contributed by atoms with van der Waals surface area (Å²) in [7, 11) is 0. The van der Waals surface area contributed by atoms with Crippen LogP contribution in [-0.4, -0.2) is 14.8 Å². The van der Waals surface area contributed by atoms with E-state index in [1.807, 2.05) is 36.4 Å². The molecule has 0 N–H and O–H groups in total. The normalized spacial score (nSPS) is 9.64. The van der Waals surface area contributed by atoms with Gasteiger partial charge in [0, 0.05) is 0 Å². The highest BCUT2D eigenvalue weighted by molar-refractivity contribution is 5.17. The van der Waals surface area contributed by atoms with E-state index >= 15 is 0 Å². The Morgan fingerprint density at radius 3 is 2.79 bits per heavy atom. The van der Waals surface area contributed by atoms with E-state index in [1.54, 1.807) is 10.9 Å². The molecular formula is C10H8N4. The van der Waals surface area contributed by atoms with Crippen LogP contribution in [0.15, 0.2) is 36.7 Å². The third kappa shape index (κ3) is 1.62. The molecule has 0 saturated carbocycles. The van der Waals surface area contributed by atoms with Crippen LogP contribution in [0.25, 0.3) is 0 Å². The molecule has 0 unspecified atom stereocenters. The van der Waals surface area contributed by atoms with Gasteiger partial charge in [0.25, 0.3) is 0 Å². The summed E-state index contributed by atoms with van der Waals surface area (Å²) >= 11 is 0. The first kappa shape index (κ1) is 8.45. The Morgan fingerprint density at radius 1 is 1.29 bits per heavy atom. The van der Waals surface area contributed by atoms with E-state index < -0.39 is 0 Å². The van der Waals surface area contributed by atoms with Crippen LogP contribution in [0.4, 0.5) is 0 Å². The summed E-state index contributed by atoms with van der Waals surface area (Å²) < 4.78 is 1.72. The van der Waals surface area contributed by atoms with Crippen molar-refractivity contribution in [2.45, 2.75) is 6.54 Å². The van der Waals surface area contributed by atoms with Crippen molar-refractivity contribution in [3.05, 3.63) is 48.0 Å². The van der Waals surface area contributed by atoms with Crippen molar-refractivity contribution >= 4 is 0 Å². The molecule has 0 aliphatic carbocycles. The Hall–Kier alpha value is -2.15. The maximum Gasteiger partial charge on any atom is 0.235 e. The molecular weight excluding hydrogens is 176 g/mol. The maximum absolute atomic E-state index is 8.71. The first-order valence-electron chi connectivity index (χ1n) is 4.22. The third-order valence-corrected chi connectivity index (χ3v) is 1.91. The fraction of sp³-hybridized carbons (Fsp3) is 0.100. The highest BCUT2D eigenvalue weighted by Crippen LogP contribution is 2.03. The van der Waals surface area contributed by atoms with Gasteiger partial charge in [0.05, 0.1) is 6.54 Å². The number of nitriles is 1. The number of nitrogens with zero attached hydrogens (tertiary/aromatic N) is 4. The highest BCUT2D eigenvalue weighted by Gasteiger charge is 2.02. The lowest BCUT2D eigenvalue weighted by Crippen LogP contribution is -2.00. The largest absolute Gasteiger partial charge is 0.301 e. The summed E-state index contributed by atoms with van der Waals surface area (Å²) in [5.74, 6) is 0.342. The Balaban J connectivity index is 2.24. The summed E-state index contributed by atoms with van der Waals surface area (Å²) in [4.78, 5) is 0. The van der Waals surface area contributed by atoms with Gasteiger partial charge in [0.1, 0.15) is 12.4 Å². The predicted molar refractivity (Wildman–Crippen MR) is 50.3 cm³/mol. The summed E-state index contributed by atoms with van der Waals surface area (Å²) in [6, 6.07) is 11.9. The van der Waals surface area contributed by atoms with Crippen LogP contribution in [0.2, 0.25) is 0 Å². The van der Waals surface area contributed by atoms with Gasteiger partial charge in [-0.3, -0.25) is 0 Å². The molecule has 0 bridgehead atoms. The van der Waals surface area contributed by atoms with E-state index in [0.29, 0.717) is 12.4 Å². The molecule has 0 saturated heterocycles. The van der Waals surface area contributed by atoms with E-state index in [2.05, 4.69) is 10.2 Å². The van der Waals surface area contributed by atoms with E-state index in [9.17, 15) is 0 Å². The second-order valence-electron chi connectivity index (χ2n) is 2.88. The average molecular weight is 184 g/mol. The molecule has 0 fully saturated rings. The molecule has 0 spiro atoms. The van der Waals surface area contributed by atoms with Crippen molar-refractivity contribution in [2.75, 3.05) is 0 Å². The van der Waals surface area contributed by atoms with Crippen molar-refractivity contribution in [1.29, 1.82) is 5.26 Å². The van der Waals surface area contributed by atoms with Crippen LogP contribution in [0.1, 0.15) is 11.4 Å². The van der Waals surface area contributed by atoms with E-state index in [-0.39, 0.29) is 0 Å². The SMILES string of the molecule is N#Cc1nncn1Cc1ccccc1. The van der Waals surface area contributed by atoms with Crippen LogP contribution in [0.3, 0.4) is 0 Å². The molecule has 2 rings (SSSR count). The van der Waals surface area contributed by atoms with Crippen molar-refractivity contribution in [3.8, 4) is 6.07 Å². The first-order chi connectivity index (χ1) is 6.90. The summed E-state index contributed by atoms with van der Waals surface area (Å²) in [5, 5.41) is 16.1. The lowest BCUT2D eigenvalue weighted by molar-refractivity contribution is 0.780. The molecule has 14 heavy (non-hydrogen) atoms. The molecule has 1 aromatic heterocycles. The van der Waals surface area contributed by atoms with Gasteiger partial charge in [0.2, 0.25) is 5.82 Å². The van der Waals surface area contributed by atoms with Crippen molar-refractivity contribution in [2.24, 2.45) is 0 Å². The summed E-state index contributed by atoms with van der Waals surface area (Å²) in [6.45, 7) is 0.636. The smallest absolute Gasteiger partial charge is 0.235 e. The van der Waals surface area contributed by atoms with Crippen LogP contribution in [0.5, 0.6) is 0 Å². The summed E-state index contributed by atoms with van der Waals surface area (Å²) in [5.41, 5.74) is 1.13.